The molecule has 3 rings (SSSR count). The number of nitrogens with zero attached hydrogens (tertiary/aromatic N) is 2. The van der Waals surface area contributed by atoms with E-state index in [9.17, 15) is 23.1 Å². The second kappa shape index (κ2) is 7.49. The molecule has 8 heteroatoms. The first-order valence-corrected chi connectivity index (χ1v) is 8.40. The van der Waals surface area contributed by atoms with Crippen molar-refractivity contribution in [1.82, 2.24) is 9.55 Å². The maximum Gasteiger partial charge on any atom is 0.419 e. The predicted molar refractivity (Wildman–Crippen MR) is 88.1 cm³/mol. The molecule has 1 atom stereocenters. The molecule has 1 heterocycles. The Morgan fingerprint density at radius 1 is 1.23 bits per heavy atom. The zero-order valence-electron chi connectivity index (χ0n) is 14.0. The number of aliphatic hydroxyl groups excluding tert-OH is 1. The van der Waals surface area contributed by atoms with Crippen LogP contribution in [-0.4, -0.2) is 27.4 Å². The van der Waals surface area contributed by atoms with Crippen LogP contribution in [0.15, 0.2) is 35.4 Å². The number of fused-ring (bicyclic) bond motifs is 1. The first-order valence-electron chi connectivity index (χ1n) is 8.40. The standard InChI is InChI=1S/C18H19F3N2O3/c19-18(20,21)14-6-2-4-8-16(14)26-10-12(24)9-23-11-22-15-7-3-1-5-13(15)17(23)25/h2,4,6,8,11-12,24H,1,3,5,7,9-10H2. The summed E-state index contributed by atoms with van der Waals surface area (Å²) in [7, 11) is 0. The van der Waals surface area contributed by atoms with Crippen LogP contribution in [0.25, 0.3) is 0 Å². The van der Waals surface area contributed by atoms with Gasteiger partial charge in [0.1, 0.15) is 18.5 Å². The Kier molecular flexibility index (Phi) is 5.31. The molecule has 1 aromatic carbocycles. The second-order valence-electron chi connectivity index (χ2n) is 6.29. The van der Waals surface area contributed by atoms with E-state index in [1.807, 2.05) is 0 Å². The largest absolute Gasteiger partial charge is 0.490 e. The molecule has 0 saturated heterocycles. The van der Waals surface area contributed by atoms with E-state index in [4.69, 9.17) is 4.74 Å². The third kappa shape index (κ3) is 4.07. The van der Waals surface area contributed by atoms with E-state index in [0.29, 0.717) is 12.0 Å². The van der Waals surface area contributed by atoms with Gasteiger partial charge in [-0.1, -0.05) is 12.1 Å². The summed E-state index contributed by atoms with van der Waals surface area (Å²) < 4.78 is 45.2. The summed E-state index contributed by atoms with van der Waals surface area (Å²) in [5.74, 6) is -0.352. The lowest BCUT2D eigenvalue weighted by Gasteiger charge is -2.19. The van der Waals surface area contributed by atoms with Gasteiger partial charge in [-0.25, -0.2) is 4.98 Å². The highest BCUT2D eigenvalue weighted by molar-refractivity contribution is 5.35. The van der Waals surface area contributed by atoms with Crippen LogP contribution < -0.4 is 10.3 Å². The van der Waals surface area contributed by atoms with Crippen LogP contribution in [0, 0.1) is 0 Å². The first-order chi connectivity index (χ1) is 12.4. The highest BCUT2D eigenvalue weighted by Crippen LogP contribution is 2.35. The smallest absolute Gasteiger partial charge is 0.419 e. The Bertz CT molecular complexity index is 833. The van der Waals surface area contributed by atoms with Crippen LogP contribution in [-0.2, 0) is 25.6 Å². The molecule has 2 aromatic rings. The number of aliphatic hydroxyl groups is 1. The third-order valence-electron chi connectivity index (χ3n) is 4.34. The Morgan fingerprint density at radius 2 is 1.96 bits per heavy atom. The van der Waals surface area contributed by atoms with E-state index in [0.717, 1.165) is 31.0 Å². The fourth-order valence-electron chi connectivity index (χ4n) is 3.05. The molecular formula is C18H19F3N2O3. The topological polar surface area (TPSA) is 64.4 Å². The van der Waals surface area contributed by atoms with E-state index in [1.165, 1.54) is 29.1 Å². The van der Waals surface area contributed by atoms with Gasteiger partial charge in [0.2, 0.25) is 0 Å². The van der Waals surface area contributed by atoms with Crippen molar-refractivity contribution in [3.8, 4) is 5.75 Å². The van der Waals surface area contributed by atoms with Crippen molar-refractivity contribution in [1.29, 1.82) is 0 Å². The average molecular weight is 368 g/mol. The number of hydrogen-bond donors (Lipinski definition) is 1. The molecule has 0 aliphatic heterocycles. The van der Waals surface area contributed by atoms with Crippen LogP contribution >= 0.6 is 0 Å². The minimum absolute atomic E-state index is 0.0900. The normalized spacial score (nSPS) is 15.4. The predicted octanol–water partition coefficient (Wildman–Crippen LogP) is 2.58. The minimum Gasteiger partial charge on any atom is -0.490 e. The van der Waals surface area contributed by atoms with Gasteiger partial charge in [-0.2, -0.15) is 13.2 Å². The molecular weight excluding hydrogens is 349 g/mol. The molecule has 0 radical (unpaired) electrons. The summed E-state index contributed by atoms with van der Waals surface area (Å²) >= 11 is 0. The maximum atomic E-state index is 12.9. The SMILES string of the molecule is O=c1c2c(ncn1CC(O)COc1ccccc1C(F)(F)F)CCCC2. The van der Waals surface area contributed by atoms with Gasteiger partial charge in [-0.05, 0) is 37.8 Å². The lowest BCUT2D eigenvalue weighted by atomic mass is 9.97. The molecule has 0 fully saturated rings. The number of benzene rings is 1. The van der Waals surface area contributed by atoms with Gasteiger partial charge in [0, 0.05) is 5.56 Å². The first kappa shape index (κ1) is 18.4. The van der Waals surface area contributed by atoms with Gasteiger partial charge in [0.05, 0.1) is 24.1 Å². The van der Waals surface area contributed by atoms with Gasteiger partial charge in [0.15, 0.2) is 0 Å². The van der Waals surface area contributed by atoms with E-state index in [2.05, 4.69) is 4.98 Å². The Labute approximate surface area is 148 Å². The highest BCUT2D eigenvalue weighted by atomic mass is 19.4. The Balaban J connectivity index is 1.67. The van der Waals surface area contributed by atoms with Crippen molar-refractivity contribution in [2.75, 3.05) is 6.61 Å². The lowest BCUT2D eigenvalue weighted by Crippen LogP contribution is -2.33. The highest BCUT2D eigenvalue weighted by Gasteiger charge is 2.34. The van der Waals surface area contributed by atoms with E-state index in [-0.39, 0.29) is 24.5 Å². The summed E-state index contributed by atoms with van der Waals surface area (Å²) in [6, 6.07) is 4.81. The summed E-state index contributed by atoms with van der Waals surface area (Å²) in [5.41, 5.74) is 0.348. The Morgan fingerprint density at radius 3 is 2.73 bits per heavy atom. The van der Waals surface area contributed by atoms with Gasteiger partial charge < -0.3 is 9.84 Å². The molecule has 140 valence electrons. The summed E-state index contributed by atoms with van der Waals surface area (Å²) in [6.45, 7) is -0.454. The van der Waals surface area contributed by atoms with E-state index >= 15 is 0 Å². The second-order valence-corrected chi connectivity index (χ2v) is 6.29. The van der Waals surface area contributed by atoms with Gasteiger partial charge >= 0.3 is 6.18 Å². The number of aromatic nitrogens is 2. The molecule has 0 bridgehead atoms. The van der Waals surface area contributed by atoms with Crippen LogP contribution in [0.2, 0.25) is 0 Å². The number of halogens is 3. The number of aryl methyl sites for hydroxylation is 1. The molecule has 0 saturated carbocycles. The maximum absolute atomic E-state index is 12.9. The fraction of sp³-hybridized carbons (Fsp3) is 0.444. The van der Waals surface area contributed by atoms with Crippen molar-refractivity contribution in [2.24, 2.45) is 0 Å². The molecule has 1 N–H and O–H groups in total. The molecule has 1 aliphatic carbocycles. The molecule has 5 nitrogen and oxygen atoms in total. The zero-order valence-corrected chi connectivity index (χ0v) is 14.0. The number of rotatable bonds is 5. The van der Waals surface area contributed by atoms with Crippen LogP contribution in [0.5, 0.6) is 5.75 Å². The average Bonchev–Trinajstić information content (AvgIpc) is 2.62. The molecule has 1 aromatic heterocycles. The number of para-hydroxylation sites is 1. The zero-order chi connectivity index (χ0) is 18.7. The van der Waals surface area contributed by atoms with Crippen LogP contribution in [0.1, 0.15) is 29.7 Å². The van der Waals surface area contributed by atoms with Crippen molar-refractivity contribution in [2.45, 2.75) is 44.5 Å². The molecule has 1 unspecified atom stereocenters. The van der Waals surface area contributed by atoms with Crippen LogP contribution in [0.4, 0.5) is 13.2 Å². The summed E-state index contributed by atoms with van der Waals surface area (Å²) in [6.07, 6.45) is -0.955. The molecule has 0 amide bonds. The number of hydrogen-bond acceptors (Lipinski definition) is 4. The van der Waals surface area contributed by atoms with Gasteiger partial charge in [0.25, 0.3) is 5.56 Å². The third-order valence-corrected chi connectivity index (χ3v) is 4.34. The summed E-state index contributed by atoms with van der Waals surface area (Å²) in [5, 5.41) is 10.1. The molecule has 1 aliphatic rings. The molecule has 26 heavy (non-hydrogen) atoms. The van der Waals surface area contributed by atoms with E-state index < -0.39 is 17.8 Å². The molecule has 0 spiro atoms. The van der Waals surface area contributed by atoms with Crippen molar-refractivity contribution in [3.63, 3.8) is 0 Å². The van der Waals surface area contributed by atoms with Gasteiger partial charge in [-0.3, -0.25) is 9.36 Å². The lowest BCUT2D eigenvalue weighted by molar-refractivity contribution is -0.139. The van der Waals surface area contributed by atoms with Crippen molar-refractivity contribution in [3.05, 3.63) is 57.8 Å². The number of ether oxygens (including phenoxy) is 1. The minimum atomic E-state index is -4.54. The van der Waals surface area contributed by atoms with E-state index in [1.54, 1.807) is 0 Å². The van der Waals surface area contributed by atoms with Crippen LogP contribution in [0.3, 0.4) is 0 Å². The van der Waals surface area contributed by atoms with Crippen molar-refractivity contribution < 1.29 is 23.0 Å². The fourth-order valence-corrected chi connectivity index (χ4v) is 3.05. The monoisotopic (exact) mass is 368 g/mol. The van der Waals surface area contributed by atoms with Crippen molar-refractivity contribution >= 4 is 0 Å². The van der Waals surface area contributed by atoms with Gasteiger partial charge in [-0.15, -0.1) is 0 Å². The number of alkyl halides is 3. The quantitative estimate of drug-likeness (QED) is 0.881. The Hall–Kier alpha value is -2.35. The summed E-state index contributed by atoms with van der Waals surface area (Å²) in [4.78, 5) is 16.7.